The summed E-state index contributed by atoms with van der Waals surface area (Å²) in [4.78, 5) is 29.6. The van der Waals surface area contributed by atoms with E-state index in [0.717, 1.165) is 0 Å². The topological polar surface area (TPSA) is 123 Å². The van der Waals surface area contributed by atoms with Crippen LogP contribution in [-0.4, -0.2) is 36.0 Å². The van der Waals surface area contributed by atoms with E-state index < -0.39 is 38.9 Å². The summed E-state index contributed by atoms with van der Waals surface area (Å²) >= 11 is 0. The zero-order chi connectivity index (χ0) is 25.5. The number of sulfonamides is 1. The van der Waals surface area contributed by atoms with Crippen LogP contribution in [0.1, 0.15) is 21.7 Å². The first kappa shape index (κ1) is 24.0. The lowest BCUT2D eigenvalue weighted by Gasteiger charge is -2.11. The maximum absolute atomic E-state index is 13.8. The number of aromatic amines is 1. The van der Waals surface area contributed by atoms with Gasteiger partial charge in [0.25, 0.3) is 21.5 Å². The van der Waals surface area contributed by atoms with E-state index in [2.05, 4.69) is 4.98 Å². The second-order valence-corrected chi connectivity index (χ2v) is 9.00. The minimum atomic E-state index is -4.88. The molecule has 2 aromatic carbocycles. The largest absolute Gasteiger partial charge is 0.495 e. The summed E-state index contributed by atoms with van der Waals surface area (Å²) in [6.07, 6.45) is -4.88. The third-order valence-corrected chi connectivity index (χ3v) is 6.49. The number of alkyl halides is 3. The first-order chi connectivity index (χ1) is 16.5. The Morgan fingerprint density at radius 1 is 1.09 bits per heavy atom. The third kappa shape index (κ3) is 4.25. The lowest BCUT2D eigenvalue weighted by molar-refractivity contribution is -0.140. The Morgan fingerprint density at radius 2 is 1.71 bits per heavy atom. The molecule has 0 fully saturated rings. The predicted octanol–water partition coefficient (Wildman–Crippen LogP) is 3.14. The van der Waals surface area contributed by atoms with E-state index in [1.165, 1.54) is 62.6 Å². The summed E-state index contributed by atoms with van der Waals surface area (Å²) in [5, 5.41) is 1.97. The van der Waals surface area contributed by atoms with Crippen LogP contribution in [0.3, 0.4) is 0 Å². The van der Waals surface area contributed by atoms with Gasteiger partial charge in [-0.25, -0.2) is 18.1 Å². The van der Waals surface area contributed by atoms with Gasteiger partial charge >= 0.3 is 6.18 Å². The van der Waals surface area contributed by atoms with Crippen molar-refractivity contribution in [3.05, 3.63) is 81.9 Å². The van der Waals surface area contributed by atoms with Gasteiger partial charge in [-0.1, -0.05) is 42.5 Å². The highest BCUT2D eigenvalue weighted by Gasteiger charge is 2.39. The smallest absolute Gasteiger partial charge is 0.433 e. The summed E-state index contributed by atoms with van der Waals surface area (Å²) < 4.78 is 74.1. The molecule has 0 bridgehead atoms. The van der Waals surface area contributed by atoms with Crippen LogP contribution in [0.4, 0.5) is 13.2 Å². The van der Waals surface area contributed by atoms with Gasteiger partial charge in [-0.3, -0.25) is 14.7 Å². The maximum atomic E-state index is 13.8. The number of nitrogens with one attached hydrogen (secondary N) is 2. The van der Waals surface area contributed by atoms with Crippen molar-refractivity contribution in [1.82, 2.24) is 19.3 Å². The molecule has 0 saturated carbocycles. The van der Waals surface area contributed by atoms with Crippen LogP contribution in [-0.2, 0) is 16.2 Å². The van der Waals surface area contributed by atoms with Crippen molar-refractivity contribution in [3.8, 4) is 16.9 Å². The molecule has 0 aliphatic carbocycles. The number of amides is 1. The molecule has 9 nitrogen and oxygen atoms in total. The molecule has 0 unspecified atom stereocenters. The summed E-state index contributed by atoms with van der Waals surface area (Å²) in [7, 11) is -3.26. The van der Waals surface area contributed by atoms with Crippen LogP contribution in [0, 0.1) is 6.92 Å². The van der Waals surface area contributed by atoms with Crippen LogP contribution in [0.25, 0.3) is 16.8 Å². The molecule has 4 aromatic rings. The molecule has 182 valence electrons. The minimum absolute atomic E-state index is 0.0542. The van der Waals surface area contributed by atoms with Crippen molar-refractivity contribution in [2.24, 2.45) is 0 Å². The molecule has 2 heterocycles. The average Bonchev–Trinajstić information content (AvgIpc) is 3.19. The van der Waals surface area contributed by atoms with Crippen LogP contribution >= 0.6 is 0 Å². The number of aryl methyl sites for hydroxylation is 1. The Bertz CT molecular complexity index is 1610. The SMILES string of the molecule is COc1ccccc1S(=O)(=O)NC(=O)c1c(C)nc2c(-c3ccccc3)c(C(F)(F)F)[nH]n2c1=O. The second-order valence-electron chi connectivity index (χ2n) is 7.35. The zero-order valence-corrected chi connectivity index (χ0v) is 19.0. The number of nitrogens with zero attached hydrogens (tertiary/aromatic N) is 2. The fraction of sp³-hybridized carbons (Fsp3) is 0.136. The standard InChI is InChI=1S/C22H17F3N4O5S/c1-12-16(20(30)28-35(32,33)15-11-7-6-10-14(15)34-2)21(31)29-19(26-12)17(13-8-4-3-5-9-13)18(27-29)22(23,24)25/h3-11,27H,1-2H3,(H,28,30). The Labute approximate surface area is 196 Å². The van der Waals surface area contributed by atoms with Gasteiger partial charge in [0.05, 0.1) is 18.4 Å². The number of carbonyl (C=O) groups excluding carboxylic acids is 1. The fourth-order valence-corrected chi connectivity index (χ4v) is 4.72. The van der Waals surface area contributed by atoms with E-state index in [0.29, 0.717) is 4.52 Å². The average molecular weight is 506 g/mol. The van der Waals surface area contributed by atoms with Crippen molar-refractivity contribution in [2.45, 2.75) is 18.0 Å². The minimum Gasteiger partial charge on any atom is -0.495 e. The normalized spacial score (nSPS) is 12.0. The highest BCUT2D eigenvalue weighted by atomic mass is 32.2. The number of hydrogen-bond donors (Lipinski definition) is 2. The molecule has 0 saturated heterocycles. The fourth-order valence-electron chi connectivity index (χ4n) is 3.59. The van der Waals surface area contributed by atoms with Gasteiger partial charge in [-0.05, 0) is 24.6 Å². The number of carbonyl (C=O) groups is 1. The van der Waals surface area contributed by atoms with E-state index in [-0.39, 0.29) is 33.1 Å². The van der Waals surface area contributed by atoms with Crippen molar-refractivity contribution < 1.29 is 31.1 Å². The van der Waals surface area contributed by atoms with Gasteiger partial charge in [-0.15, -0.1) is 0 Å². The quantitative estimate of drug-likeness (QED) is 0.429. The molecule has 13 heteroatoms. The van der Waals surface area contributed by atoms with E-state index in [1.807, 2.05) is 5.10 Å². The molecular weight excluding hydrogens is 489 g/mol. The number of hydrogen-bond acceptors (Lipinski definition) is 6. The maximum Gasteiger partial charge on any atom is 0.433 e. The monoisotopic (exact) mass is 506 g/mol. The van der Waals surface area contributed by atoms with E-state index in [9.17, 15) is 31.2 Å². The summed E-state index contributed by atoms with van der Waals surface area (Å²) in [6, 6.07) is 12.9. The molecule has 35 heavy (non-hydrogen) atoms. The van der Waals surface area contributed by atoms with Crippen LogP contribution in [0.2, 0.25) is 0 Å². The first-order valence-corrected chi connectivity index (χ1v) is 11.4. The Kier molecular flexibility index (Phi) is 5.88. The molecule has 0 radical (unpaired) electrons. The van der Waals surface area contributed by atoms with Gasteiger partial charge in [0.15, 0.2) is 5.65 Å². The van der Waals surface area contributed by atoms with Crippen LogP contribution in [0.5, 0.6) is 5.75 Å². The molecule has 0 atom stereocenters. The predicted molar refractivity (Wildman–Crippen MR) is 119 cm³/mol. The van der Waals surface area contributed by atoms with E-state index in [1.54, 1.807) is 10.8 Å². The second kappa shape index (κ2) is 8.58. The number of fused-ring (bicyclic) bond motifs is 1. The Hall–Kier alpha value is -4.13. The molecule has 0 aliphatic rings. The number of ether oxygens (including phenoxy) is 1. The molecule has 0 spiro atoms. The number of benzene rings is 2. The van der Waals surface area contributed by atoms with Crippen molar-refractivity contribution >= 4 is 21.6 Å². The molecular formula is C22H17F3N4O5S. The highest BCUT2D eigenvalue weighted by Crippen LogP contribution is 2.38. The van der Waals surface area contributed by atoms with Gasteiger partial charge in [0, 0.05) is 0 Å². The Morgan fingerprint density at radius 3 is 2.34 bits per heavy atom. The Balaban J connectivity index is 1.88. The summed E-state index contributed by atoms with van der Waals surface area (Å²) in [6.45, 7) is 1.22. The lowest BCUT2D eigenvalue weighted by Crippen LogP contribution is -2.37. The first-order valence-electron chi connectivity index (χ1n) is 9.94. The van der Waals surface area contributed by atoms with Crippen LogP contribution < -0.4 is 15.0 Å². The number of para-hydroxylation sites is 1. The molecule has 2 aromatic heterocycles. The van der Waals surface area contributed by atoms with Crippen molar-refractivity contribution in [1.29, 1.82) is 0 Å². The van der Waals surface area contributed by atoms with E-state index >= 15 is 0 Å². The lowest BCUT2D eigenvalue weighted by atomic mass is 10.1. The molecule has 1 amide bonds. The zero-order valence-electron chi connectivity index (χ0n) is 18.2. The number of H-pyrrole nitrogens is 1. The van der Waals surface area contributed by atoms with Crippen LogP contribution in [0.15, 0.2) is 64.3 Å². The van der Waals surface area contributed by atoms with Gasteiger partial charge in [0.1, 0.15) is 21.9 Å². The third-order valence-electron chi connectivity index (χ3n) is 5.12. The molecule has 0 aliphatic heterocycles. The summed E-state index contributed by atoms with van der Waals surface area (Å²) in [5.74, 6) is -1.41. The molecule has 2 N–H and O–H groups in total. The molecule has 4 rings (SSSR count). The van der Waals surface area contributed by atoms with Gasteiger partial charge in [0.2, 0.25) is 0 Å². The number of rotatable bonds is 5. The van der Waals surface area contributed by atoms with Crippen molar-refractivity contribution in [2.75, 3.05) is 7.11 Å². The van der Waals surface area contributed by atoms with Crippen molar-refractivity contribution in [3.63, 3.8) is 0 Å². The number of methoxy groups -OCH3 is 1. The number of halogens is 3. The van der Waals surface area contributed by atoms with E-state index in [4.69, 9.17) is 4.74 Å². The highest BCUT2D eigenvalue weighted by molar-refractivity contribution is 7.90. The summed E-state index contributed by atoms with van der Waals surface area (Å²) in [5.41, 5.74) is -4.05. The van der Waals surface area contributed by atoms with Gasteiger partial charge in [-0.2, -0.15) is 17.7 Å². The van der Waals surface area contributed by atoms with Gasteiger partial charge < -0.3 is 4.74 Å². The number of aromatic nitrogens is 3.